The molecule has 0 bridgehead atoms. The Hall–Kier alpha value is -1.12. The van der Waals surface area contributed by atoms with E-state index < -0.39 is 28.9 Å². The van der Waals surface area contributed by atoms with E-state index in [0.717, 1.165) is 19.3 Å². The summed E-state index contributed by atoms with van der Waals surface area (Å²) in [5.74, 6) is -1.30. The van der Waals surface area contributed by atoms with E-state index in [4.69, 9.17) is 27.9 Å². The highest BCUT2D eigenvalue weighted by Crippen LogP contribution is 2.30. The number of unbranched alkanes of at least 4 members (excludes halogenated alkanes) is 12. The summed E-state index contributed by atoms with van der Waals surface area (Å²) < 4.78 is 5.36. The summed E-state index contributed by atoms with van der Waals surface area (Å²) >= 11 is 11.3. The Kier molecular flexibility index (Phi) is 19.1. The second-order valence-corrected chi connectivity index (χ2v) is 11.5. The zero-order valence-corrected chi connectivity index (χ0v) is 24.0. The molecule has 0 saturated heterocycles. The molecule has 8 nitrogen and oxygen atoms in total. The Morgan fingerprint density at radius 1 is 0.919 bits per heavy atom. The molecule has 1 rings (SSSR count). The predicted molar refractivity (Wildman–Crippen MR) is 147 cm³/mol. The maximum atomic E-state index is 12.2. The second kappa shape index (κ2) is 20.8. The molecule has 2 unspecified atom stereocenters. The predicted octanol–water partition coefficient (Wildman–Crippen LogP) is 6.50. The molecule has 0 spiro atoms. The Labute approximate surface area is 232 Å². The number of aliphatic hydroxyl groups is 1. The van der Waals surface area contributed by atoms with Crippen molar-refractivity contribution in [1.29, 1.82) is 0 Å². The van der Waals surface area contributed by atoms with Crippen molar-refractivity contribution in [1.82, 2.24) is 5.32 Å². The maximum Gasteiger partial charge on any atom is 0.305 e. The zero-order chi connectivity index (χ0) is 27.5. The SMILES string of the molecule is CCCCCCCCCCCCCCCC(=O)OCC(NC(=O)C(Cl)Cl)C(O)C1CCC([N+](=O)[O-])CC1. The van der Waals surface area contributed by atoms with E-state index in [0.29, 0.717) is 25.7 Å². The second-order valence-electron chi connectivity index (χ2n) is 10.4. The number of nitrogens with one attached hydrogen (secondary N) is 1. The van der Waals surface area contributed by atoms with Crippen LogP contribution in [0.5, 0.6) is 0 Å². The van der Waals surface area contributed by atoms with Gasteiger partial charge in [-0.1, -0.05) is 107 Å². The van der Waals surface area contributed by atoms with Crippen molar-refractivity contribution in [2.45, 2.75) is 146 Å². The van der Waals surface area contributed by atoms with Gasteiger partial charge in [0.2, 0.25) is 6.04 Å². The van der Waals surface area contributed by atoms with Crippen LogP contribution in [0.15, 0.2) is 0 Å². The van der Waals surface area contributed by atoms with Crippen molar-refractivity contribution in [2.75, 3.05) is 6.61 Å². The van der Waals surface area contributed by atoms with Gasteiger partial charge in [0, 0.05) is 24.2 Å². The molecule has 0 aromatic heterocycles. The highest BCUT2D eigenvalue weighted by Gasteiger charge is 2.36. The van der Waals surface area contributed by atoms with Crippen LogP contribution in [0.4, 0.5) is 0 Å². The van der Waals surface area contributed by atoms with Crippen LogP contribution < -0.4 is 5.32 Å². The summed E-state index contributed by atoms with van der Waals surface area (Å²) in [7, 11) is 0. The Bertz CT molecular complexity index is 644. The van der Waals surface area contributed by atoms with Crippen LogP contribution in [0.1, 0.15) is 122 Å². The lowest BCUT2D eigenvalue weighted by atomic mass is 9.80. The van der Waals surface area contributed by atoms with Crippen molar-refractivity contribution < 1.29 is 24.4 Å². The van der Waals surface area contributed by atoms with Gasteiger partial charge >= 0.3 is 5.97 Å². The zero-order valence-electron chi connectivity index (χ0n) is 22.5. The number of alkyl halides is 2. The molecule has 216 valence electrons. The van der Waals surface area contributed by atoms with Gasteiger partial charge < -0.3 is 15.2 Å². The van der Waals surface area contributed by atoms with Gasteiger partial charge in [0.25, 0.3) is 5.91 Å². The van der Waals surface area contributed by atoms with E-state index >= 15 is 0 Å². The first-order chi connectivity index (χ1) is 17.8. The fourth-order valence-electron chi connectivity index (χ4n) is 5.00. The average Bonchev–Trinajstić information content (AvgIpc) is 2.88. The lowest BCUT2D eigenvalue weighted by molar-refractivity contribution is -0.527. The number of halogens is 2. The highest BCUT2D eigenvalue weighted by atomic mass is 35.5. The number of rotatable bonds is 21. The molecule has 0 aromatic carbocycles. The fraction of sp³-hybridized carbons (Fsp3) is 0.926. The molecular formula is C27H48Cl2N2O6. The van der Waals surface area contributed by atoms with Gasteiger partial charge in [-0.25, -0.2) is 0 Å². The molecule has 2 N–H and O–H groups in total. The van der Waals surface area contributed by atoms with Crippen LogP contribution in [-0.4, -0.2) is 51.5 Å². The normalized spacial score (nSPS) is 19.4. The van der Waals surface area contributed by atoms with Crippen LogP contribution in [0.25, 0.3) is 0 Å². The number of hydrogen-bond donors (Lipinski definition) is 2. The molecule has 0 aromatic rings. The number of amides is 1. The summed E-state index contributed by atoms with van der Waals surface area (Å²) in [6, 6.07) is -1.48. The molecule has 0 heterocycles. The number of carbonyl (C=O) groups excluding carboxylic acids is 2. The summed E-state index contributed by atoms with van der Waals surface area (Å²) in [6.45, 7) is 2.04. The number of hydrogen-bond acceptors (Lipinski definition) is 6. The van der Waals surface area contributed by atoms with Gasteiger partial charge in [0.1, 0.15) is 6.61 Å². The molecule has 2 atom stereocenters. The topological polar surface area (TPSA) is 119 Å². The van der Waals surface area contributed by atoms with Crippen LogP contribution in [0.3, 0.4) is 0 Å². The van der Waals surface area contributed by atoms with Gasteiger partial charge in [-0.3, -0.25) is 19.7 Å². The van der Waals surface area contributed by atoms with Crippen LogP contribution in [0.2, 0.25) is 0 Å². The molecule has 37 heavy (non-hydrogen) atoms. The minimum atomic E-state index is -1.32. The van der Waals surface area contributed by atoms with Crippen LogP contribution in [-0.2, 0) is 14.3 Å². The molecule has 10 heteroatoms. The lowest BCUT2D eigenvalue weighted by Gasteiger charge is -2.33. The van der Waals surface area contributed by atoms with E-state index in [1.807, 2.05) is 0 Å². The number of esters is 1. The maximum absolute atomic E-state index is 12.2. The van der Waals surface area contributed by atoms with Crippen LogP contribution in [0, 0.1) is 16.0 Å². The minimum absolute atomic E-state index is 0.195. The molecule has 1 amide bonds. The van der Waals surface area contributed by atoms with Crippen LogP contribution >= 0.6 is 23.2 Å². The summed E-state index contributed by atoms with van der Waals surface area (Å²) in [5.41, 5.74) is 0. The third-order valence-electron chi connectivity index (χ3n) is 7.37. The molecule has 1 fully saturated rings. The fourth-order valence-corrected chi connectivity index (χ4v) is 5.12. The van der Waals surface area contributed by atoms with Crippen molar-refractivity contribution >= 4 is 35.1 Å². The lowest BCUT2D eigenvalue weighted by Crippen LogP contribution is -2.51. The van der Waals surface area contributed by atoms with E-state index in [9.17, 15) is 24.8 Å². The Balaban J connectivity index is 2.25. The number of carbonyl (C=O) groups is 2. The van der Waals surface area contributed by atoms with Gasteiger partial charge in [-0.15, -0.1) is 0 Å². The third kappa shape index (κ3) is 15.8. The molecule has 0 radical (unpaired) electrons. The Morgan fingerprint density at radius 3 is 1.86 bits per heavy atom. The number of nitro groups is 1. The van der Waals surface area contributed by atoms with Crippen molar-refractivity contribution in [3.63, 3.8) is 0 Å². The van der Waals surface area contributed by atoms with Gasteiger partial charge in [-0.2, -0.15) is 0 Å². The summed E-state index contributed by atoms with van der Waals surface area (Å²) in [4.78, 5) is 33.7. The standard InChI is InChI=1S/C27H48Cl2N2O6/c1-2-3-4-5-6-7-8-9-10-11-12-13-14-15-24(32)37-20-23(30-27(34)26(28)29)25(33)21-16-18-22(19-17-21)31(35)36/h21-23,25-26,33H,2-20H2,1H3,(H,30,34). The monoisotopic (exact) mass is 566 g/mol. The smallest absolute Gasteiger partial charge is 0.305 e. The first kappa shape index (κ1) is 33.9. The van der Waals surface area contributed by atoms with E-state index in [1.165, 1.54) is 64.2 Å². The van der Waals surface area contributed by atoms with Crippen molar-refractivity contribution in [3.8, 4) is 0 Å². The van der Waals surface area contributed by atoms with E-state index in [-0.39, 0.29) is 29.8 Å². The number of ether oxygens (including phenoxy) is 1. The van der Waals surface area contributed by atoms with Gasteiger partial charge in [-0.05, 0) is 25.2 Å². The molecule has 1 aliphatic carbocycles. The first-order valence-corrected chi connectivity index (χ1v) is 15.2. The van der Waals surface area contributed by atoms with E-state index in [2.05, 4.69) is 12.2 Å². The molecule has 1 aliphatic rings. The number of nitrogens with zero attached hydrogens (tertiary/aromatic N) is 1. The third-order valence-corrected chi connectivity index (χ3v) is 7.77. The highest BCUT2D eigenvalue weighted by molar-refractivity contribution is 6.53. The Morgan fingerprint density at radius 2 is 1.41 bits per heavy atom. The summed E-state index contributed by atoms with van der Waals surface area (Å²) in [5, 5.41) is 24.4. The van der Waals surface area contributed by atoms with Gasteiger partial charge in [0.05, 0.1) is 12.1 Å². The summed E-state index contributed by atoms with van der Waals surface area (Å²) in [6.07, 6.45) is 16.8. The number of aliphatic hydroxyl groups excluding tert-OH is 1. The first-order valence-electron chi connectivity index (χ1n) is 14.3. The molecular weight excluding hydrogens is 519 g/mol. The van der Waals surface area contributed by atoms with Gasteiger partial charge in [0.15, 0.2) is 4.84 Å². The van der Waals surface area contributed by atoms with Crippen molar-refractivity contribution in [2.24, 2.45) is 5.92 Å². The van der Waals surface area contributed by atoms with E-state index in [1.54, 1.807) is 0 Å². The quantitative estimate of drug-likeness (QED) is 0.0538. The average molecular weight is 568 g/mol. The van der Waals surface area contributed by atoms with Crippen molar-refractivity contribution in [3.05, 3.63) is 10.1 Å². The largest absolute Gasteiger partial charge is 0.463 e. The molecule has 1 saturated carbocycles. The minimum Gasteiger partial charge on any atom is -0.463 e. The molecule has 0 aliphatic heterocycles.